The number of fused-ring (bicyclic) bond motifs is 6. The van der Waals surface area contributed by atoms with E-state index in [0.717, 1.165) is 11.1 Å². The van der Waals surface area contributed by atoms with E-state index < -0.39 is 64.3 Å². The van der Waals surface area contributed by atoms with E-state index >= 15 is 0 Å². The van der Waals surface area contributed by atoms with Gasteiger partial charge in [0.1, 0.15) is 18.0 Å². The Morgan fingerprint density at radius 2 is 1.80 bits per heavy atom. The summed E-state index contributed by atoms with van der Waals surface area (Å²) in [6, 6.07) is 1.80. The van der Waals surface area contributed by atoms with Gasteiger partial charge < -0.3 is 23.4 Å². The van der Waals surface area contributed by atoms with Crippen LogP contribution in [0.3, 0.4) is 0 Å². The van der Waals surface area contributed by atoms with E-state index in [1.54, 1.807) is 38.5 Å². The molecule has 1 aromatic rings. The van der Waals surface area contributed by atoms with Gasteiger partial charge in [0.05, 0.1) is 32.0 Å². The molecule has 3 fully saturated rings. The van der Waals surface area contributed by atoms with Gasteiger partial charge in [0.25, 0.3) is 0 Å². The number of esters is 4. The van der Waals surface area contributed by atoms with Gasteiger partial charge in [-0.05, 0) is 44.6 Å². The standard InChI is InChI=1S/C34H42O10/c1-9-17(2)30(38)44-29-21-14-20-22(10-12-33(6)23(20)15-24(36)43-28(33)19-11-13-41-16-19)34(7,27(21)37)26(32(29,4)5)25(31(39)40-8)42-18(3)35/h9,11,13-14,16,21-23,25-26,28-29H,10,12,15H2,1-8H3/b17-9+/t21-,22+,23+,25-,26+,28+,29-,33-,34-/m1/s1. The third kappa shape index (κ3) is 4.63. The molecule has 238 valence electrons. The Kier molecular flexibility index (Phi) is 7.96. The van der Waals surface area contributed by atoms with Crippen molar-refractivity contribution in [2.45, 2.75) is 86.0 Å². The van der Waals surface area contributed by atoms with Crippen LogP contribution in [0.1, 0.15) is 79.4 Å². The Bertz CT molecular complexity index is 1430. The number of furan rings is 1. The number of methoxy groups -OCH3 is 1. The van der Waals surface area contributed by atoms with E-state index in [4.69, 9.17) is 23.4 Å². The first-order valence-electron chi connectivity index (χ1n) is 15.2. The van der Waals surface area contributed by atoms with Crippen molar-refractivity contribution in [3.63, 3.8) is 0 Å². The molecule has 2 saturated carbocycles. The topological polar surface area (TPSA) is 135 Å². The molecule has 0 aromatic carbocycles. The predicted octanol–water partition coefficient (Wildman–Crippen LogP) is 5.07. The highest BCUT2D eigenvalue weighted by Gasteiger charge is 2.71. The van der Waals surface area contributed by atoms with Crippen LogP contribution >= 0.6 is 0 Å². The zero-order chi connectivity index (χ0) is 32.4. The fraction of sp³-hybridized carbons (Fsp3) is 0.618. The minimum atomic E-state index is -1.44. The van der Waals surface area contributed by atoms with E-state index in [2.05, 4.69) is 6.92 Å². The van der Waals surface area contributed by atoms with Crippen LogP contribution in [-0.4, -0.2) is 49.0 Å². The second-order valence-electron chi connectivity index (χ2n) is 13.8. The highest BCUT2D eigenvalue weighted by atomic mass is 16.6. The van der Waals surface area contributed by atoms with Crippen LogP contribution in [0.5, 0.6) is 0 Å². The van der Waals surface area contributed by atoms with Gasteiger partial charge >= 0.3 is 23.9 Å². The van der Waals surface area contributed by atoms with E-state index in [0.29, 0.717) is 18.4 Å². The molecule has 1 saturated heterocycles. The smallest absolute Gasteiger partial charge is 0.347 e. The van der Waals surface area contributed by atoms with Gasteiger partial charge in [-0.15, -0.1) is 0 Å². The maximum absolute atomic E-state index is 14.7. The molecule has 4 aliphatic rings. The summed E-state index contributed by atoms with van der Waals surface area (Å²) in [4.78, 5) is 66.9. The second kappa shape index (κ2) is 11.0. The molecule has 5 rings (SSSR count). The number of hydrogen-bond acceptors (Lipinski definition) is 10. The van der Waals surface area contributed by atoms with Crippen molar-refractivity contribution in [2.24, 2.45) is 39.9 Å². The molecule has 0 spiro atoms. The SMILES string of the molecule is C/C=C(\C)C(=O)O[C@@H]1[C@@H]2C=C3[C@@H]4CC(=O)O[C@@H](c5ccoc5)[C@]4(C)CC[C@@H]3[C@@](C)(C2=O)[C@@H]([C@@H](OC(C)=O)C(=O)OC)C1(C)C. The van der Waals surface area contributed by atoms with Gasteiger partial charge in [0, 0.05) is 40.2 Å². The Labute approximate surface area is 257 Å². The molecule has 44 heavy (non-hydrogen) atoms. The number of cyclic esters (lactones) is 1. The fourth-order valence-electron chi connectivity index (χ4n) is 8.94. The van der Waals surface area contributed by atoms with Gasteiger partial charge in [-0.2, -0.15) is 0 Å². The van der Waals surface area contributed by atoms with Crippen molar-refractivity contribution in [3.8, 4) is 0 Å². The van der Waals surface area contributed by atoms with Gasteiger partial charge in [-0.1, -0.05) is 45.4 Å². The number of ketones is 1. The average molecular weight is 611 g/mol. The Morgan fingerprint density at radius 1 is 1.09 bits per heavy atom. The van der Waals surface area contributed by atoms with Crippen molar-refractivity contribution in [2.75, 3.05) is 7.11 Å². The lowest BCUT2D eigenvalue weighted by Gasteiger charge is -2.64. The Hall–Kier alpha value is -3.69. The molecule has 1 aliphatic heterocycles. The van der Waals surface area contributed by atoms with Crippen LogP contribution in [0.15, 0.2) is 46.3 Å². The summed E-state index contributed by atoms with van der Waals surface area (Å²) < 4.78 is 28.2. The van der Waals surface area contributed by atoms with Crippen LogP contribution in [-0.2, 0) is 42.9 Å². The van der Waals surface area contributed by atoms with Crippen molar-refractivity contribution in [1.29, 1.82) is 0 Å². The van der Waals surface area contributed by atoms with Gasteiger partial charge in [0.15, 0.2) is 0 Å². The summed E-state index contributed by atoms with van der Waals surface area (Å²) in [5, 5.41) is 0. The molecule has 10 nitrogen and oxygen atoms in total. The number of rotatable bonds is 6. The van der Waals surface area contributed by atoms with Crippen LogP contribution < -0.4 is 0 Å². The lowest BCUT2D eigenvalue weighted by molar-refractivity contribution is -0.214. The van der Waals surface area contributed by atoms with E-state index in [9.17, 15) is 24.0 Å². The summed E-state index contributed by atoms with van der Waals surface area (Å²) in [5.74, 6) is -5.07. The lowest BCUT2D eigenvalue weighted by Crippen LogP contribution is -2.69. The molecular formula is C34H42O10. The van der Waals surface area contributed by atoms with E-state index in [-0.39, 0.29) is 30.0 Å². The first-order valence-corrected chi connectivity index (χ1v) is 15.2. The van der Waals surface area contributed by atoms with Crippen LogP contribution in [0, 0.1) is 39.9 Å². The molecule has 0 N–H and O–H groups in total. The van der Waals surface area contributed by atoms with Crippen LogP contribution in [0.4, 0.5) is 0 Å². The number of Topliss-reactive ketones (excluding diaryl/α,β-unsaturated/α-hetero) is 1. The molecule has 3 aliphatic carbocycles. The van der Waals surface area contributed by atoms with Crippen molar-refractivity contribution >= 4 is 29.7 Å². The summed E-state index contributed by atoms with van der Waals surface area (Å²) in [6.07, 6.45) is 4.99. The highest BCUT2D eigenvalue weighted by Crippen LogP contribution is 2.68. The Balaban J connectivity index is 1.72. The number of allylic oxidation sites excluding steroid dienone is 2. The number of carbonyl (C=O) groups is 5. The average Bonchev–Trinajstić information content (AvgIpc) is 3.50. The Morgan fingerprint density at radius 3 is 2.39 bits per heavy atom. The number of hydrogen-bond donors (Lipinski definition) is 0. The maximum atomic E-state index is 14.7. The summed E-state index contributed by atoms with van der Waals surface area (Å²) in [7, 11) is 1.20. The summed E-state index contributed by atoms with van der Waals surface area (Å²) in [5.41, 5.74) is -0.727. The minimum Gasteiger partial charge on any atom is -0.472 e. The lowest BCUT2D eigenvalue weighted by atomic mass is 9.40. The zero-order valence-corrected chi connectivity index (χ0v) is 26.6. The predicted molar refractivity (Wildman–Crippen MR) is 155 cm³/mol. The first-order chi connectivity index (χ1) is 20.6. The zero-order valence-electron chi connectivity index (χ0n) is 26.6. The van der Waals surface area contributed by atoms with Gasteiger partial charge in [0.2, 0.25) is 6.10 Å². The molecule has 10 heteroatoms. The minimum absolute atomic E-state index is 0.116. The van der Waals surface area contributed by atoms with E-state index in [1.165, 1.54) is 14.0 Å². The molecular weight excluding hydrogens is 568 g/mol. The second-order valence-corrected chi connectivity index (χ2v) is 13.8. The molecule has 0 radical (unpaired) electrons. The van der Waals surface area contributed by atoms with Crippen molar-refractivity contribution in [1.82, 2.24) is 0 Å². The fourth-order valence-corrected chi connectivity index (χ4v) is 8.94. The quantitative estimate of drug-likeness (QED) is 0.186. The molecule has 9 atom stereocenters. The summed E-state index contributed by atoms with van der Waals surface area (Å²) in [6.45, 7) is 12.2. The summed E-state index contributed by atoms with van der Waals surface area (Å²) >= 11 is 0. The molecule has 1 aromatic heterocycles. The number of carbonyl (C=O) groups excluding carboxylic acids is 5. The van der Waals surface area contributed by atoms with Crippen LogP contribution in [0.25, 0.3) is 0 Å². The number of ether oxygens (including phenoxy) is 4. The van der Waals surface area contributed by atoms with Gasteiger partial charge in [-0.3, -0.25) is 14.4 Å². The molecule has 2 bridgehead atoms. The molecule has 2 heterocycles. The third-order valence-corrected chi connectivity index (χ3v) is 11.1. The molecule has 0 unspecified atom stereocenters. The molecule has 0 amide bonds. The first kappa shape index (κ1) is 31.7. The van der Waals surface area contributed by atoms with Gasteiger partial charge in [-0.25, -0.2) is 9.59 Å². The maximum Gasteiger partial charge on any atom is 0.347 e. The van der Waals surface area contributed by atoms with Crippen molar-refractivity contribution in [3.05, 3.63) is 47.5 Å². The van der Waals surface area contributed by atoms with Crippen LogP contribution in [0.2, 0.25) is 0 Å². The largest absolute Gasteiger partial charge is 0.472 e. The monoisotopic (exact) mass is 610 g/mol. The highest BCUT2D eigenvalue weighted by molar-refractivity contribution is 5.95. The van der Waals surface area contributed by atoms with E-state index in [1.807, 2.05) is 26.8 Å². The van der Waals surface area contributed by atoms with Crippen molar-refractivity contribution < 1.29 is 47.3 Å². The third-order valence-electron chi connectivity index (χ3n) is 11.1. The normalized spacial score (nSPS) is 36.5.